The molecule has 4 nitrogen and oxygen atoms in total. The second kappa shape index (κ2) is 5.11. The minimum atomic E-state index is -4.46. The predicted octanol–water partition coefficient (Wildman–Crippen LogP) is 3.87. The molecule has 0 saturated heterocycles. The summed E-state index contributed by atoms with van der Waals surface area (Å²) in [6.07, 6.45) is -0.740. The van der Waals surface area contributed by atoms with Gasteiger partial charge in [-0.05, 0) is 40.1 Å². The number of hydrogen-bond donors (Lipinski definition) is 1. The van der Waals surface area contributed by atoms with E-state index in [1.807, 2.05) is 48.5 Å². The molecule has 1 N–H and O–H groups in total. The fourth-order valence-corrected chi connectivity index (χ4v) is 3.00. The fraction of sp³-hybridized carbons (Fsp3) is 0.125. The second-order valence-electron chi connectivity index (χ2n) is 4.93. The van der Waals surface area contributed by atoms with Gasteiger partial charge in [0.05, 0.1) is 0 Å². The van der Waals surface area contributed by atoms with Crippen molar-refractivity contribution in [2.75, 3.05) is 0 Å². The maximum absolute atomic E-state index is 10.8. The molecule has 0 aliphatic carbocycles. The van der Waals surface area contributed by atoms with Crippen LogP contribution in [-0.4, -0.2) is 13.0 Å². The molecule has 0 amide bonds. The Bertz CT molecular complexity index is 916. The van der Waals surface area contributed by atoms with Crippen molar-refractivity contribution < 1.29 is 17.2 Å². The molecule has 0 spiro atoms. The molecule has 5 heteroatoms. The summed E-state index contributed by atoms with van der Waals surface area (Å²) >= 11 is 0. The molecule has 0 aliphatic rings. The monoisotopic (exact) mass is 302 g/mol. The fourth-order valence-electron chi connectivity index (χ4n) is 2.52. The van der Waals surface area contributed by atoms with Gasteiger partial charge in [0.2, 0.25) is 0 Å². The summed E-state index contributed by atoms with van der Waals surface area (Å²) in [6, 6.07) is 17.7. The summed E-state index contributed by atoms with van der Waals surface area (Å²) in [6.45, 7) is 1.58. The average Bonchev–Trinajstić information content (AvgIpc) is 2.44. The highest BCUT2D eigenvalue weighted by molar-refractivity contribution is 7.80. The van der Waals surface area contributed by atoms with Crippen LogP contribution in [0.1, 0.15) is 18.6 Å². The van der Waals surface area contributed by atoms with E-state index in [4.69, 9.17) is 4.55 Å². The van der Waals surface area contributed by atoms with Gasteiger partial charge >= 0.3 is 10.4 Å². The summed E-state index contributed by atoms with van der Waals surface area (Å²) in [5, 5.41) is 4.39. The van der Waals surface area contributed by atoms with Gasteiger partial charge in [-0.25, -0.2) is 4.18 Å². The van der Waals surface area contributed by atoms with Crippen molar-refractivity contribution in [3.05, 3.63) is 60.2 Å². The highest BCUT2D eigenvalue weighted by Crippen LogP contribution is 2.28. The van der Waals surface area contributed by atoms with Crippen LogP contribution in [0.5, 0.6) is 0 Å². The normalized spacial score (nSPS) is 13.6. The Morgan fingerprint density at radius 2 is 1.62 bits per heavy atom. The first-order chi connectivity index (χ1) is 9.94. The summed E-state index contributed by atoms with van der Waals surface area (Å²) in [5.41, 5.74) is 0.690. The largest absolute Gasteiger partial charge is 0.397 e. The number of fused-ring (bicyclic) bond motifs is 3. The molecule has 1 unspecified atom stereocenters. The predicted molar refractivity (Wildman–Crippen MR) is 82.5 cm³/mol. The average molecular weight is 302 g/mol. The van der Waals surface area contributed by atoms with Crippen molar-refractivity contribution >= 4 is 31.9 Å². The zero-order chi connectivity index (χ0) is 15.0. The first-order valence-electron chi connectivity index (χ1n) is 6.51. The molecule has 0 fully saturated rings. The SMILES string of the molecule is CC(OS(=O)(=O)O)c1ccc2c(ccc3ccccc32)c1. The third-order valence-corrected chi connectivity index (χ3v) is 4.04. The van der Waals surface area contributed by atoms with E-state index in [1.54, 1.807) is 6.92 Å². The van der Waals surface area contributed by atoms with Gasteiger partial charge in [0, 0.05) is 0 Å². The van der Waals surface area contributed by atoms with E-state index >= 15 is 0 Å². The van der Waals surface area contributed by atoms with Gasteiger partial charge in [-0.3, -0.25) is 4.55 Å². The molecular weight excluding hydrogens is 288 g/mol. The van der Waals surface area contributed by atoms with E-state index in [-0.39, 0.29) is 0 Å². The Morgan fingerprint density at radius 1 is 0.952 bits per heavy atom. The van der Waals surface area contributed by atoms with Crippen LogP contribution >= 0.6 is 0 Å². The van der Waals surface area contributed by atoms with E-state index in [0.29, 0.717) is 5.56 Å². The minimum absolute atomic E-state index is 0.690. The Hall–Kier alpha value is -1.95. The van der Waals surface area contributed by atoms with E-state index in [0.717, 1.165) is 21.5 Å². The lowest BCUT2D eigenvalue weighted by Gasteiger charge is -2.12. The molecule has 0 heterocycles. The summed E-state index contributed by atoms with van der Waals surface area (Å²) in [7, 11) is -4.46. The molecule has 0 saturated carbocycles. The van der Waals surface area contributed by atoms with Crippen LogP contribution in [0.25, 0.3) is 21.5 Å². The highest BCUT2D eigenvalue weighted by atomic mass is 32.3. The molecule has 0 bridgehead atoms. The summed E-state index contributed by atoms with van der Waals surface area (Å²) in [4.78, 5) is 0. The third-order valence-electron chi connectivity index (χ3n) is 3.50. The van der Waals surface area contributed by atoms with Crippen LogP contribution < -0.4 is 0 Å². The molecule has 108 valence electrons. The molecule has 3 rings (SSSR count). The van der Waals surface area contributed by atoms with Gasteiger partial charge in [0.1, 0.15) is 6.10 Å². The maximum Gasteiger partial charge on any atom is 0.397 e. The van der Waals surface area contributed by atoms with Crippen LogP contribution in [0.2, 0.25) is 0 Å². The molecule has 3 aromatic rings. The van der Waals surface area contributed by atoms with E-state index in [9.17, 15) is 8.42 Å². The highest BCUT2D eigenvalue weighted by Gasteiger charge is 2.14. The lowest BCUT2D eigenvalue weighted by molar-refractivity contribution is 0.201. The van der Waals surface area contributed by atoms with Crippen LogP contribution in [0.3, 0.4) is 0 Å². The summed E-state index contributed by atoms with van der Waals surface area (Å²) < 4.78 is 34.9. The van der Waals surface area contributed by atoms with E-state index in [2.05, 4.69) is 10.2 Å². The number of hydrogen-bond acceptors (Lipinski definition) is 3. The lowest BCUT2D eigenvalue weighted by Crippen LogP contribution is -2.07. The first kappa shape index (κ1) is 14.0. The van der Waals surface area contributed by atoms with Crippen molar-refractivity contribution in [2.45, 2.75) is 13.0 Å². The second-order valence-corrected chi connectivity index (χ2v) is 5.98. The maximum atomic E-state index is 10.8. The Morgan fingerprint density at radius 3 is 2.38 bits per heavy atom. The number of rotatable bonds is 3. The van der Waals surface area contributed by atoms with Crippen molar-refractivity contribution in [3.63, 3.8) is 0 Å². The zero-order valence-electron chi connectivity index (χ0n) is 11.4. The Kier molecular flexibility index (Phi) is 3.41. The molecule has 0 radical (unpaired) electrons. The van der Waals surface area contributed by atoms with Crippen LogP contribution in [0.15, 0.2) is 54.6 Å². The van der Waals surface area contributed by atoms with Crippen molar-refractivity contribution in [2.24, 2.45) is 0 Å². The molecule has 3 aromatic carbocycles. The van der Waals surface area contributed by atoms with Crippen LogP contribution in [0, 0.1) is 0 Å². The Labute approximate surface area is 122 Å². The first-order valence-corrected chi connectivity index (χ1v) is 7.88. The summed E-state index contributed by atoms with van der Waals surface area (Å²) in [5.74, 6) is 0. The quantitative estimate of drug-likeness (QED) is 0.589. The molecule has 1 atom stereocenters. The smallest absolute Gasteiger partial charge is 0.264 e. The van der Waals surface area contributed by atoms with Gasteiger partial charge in [0.25, 0.3) is 0 Å². The minimum Gasteiger partial charge on any atom is -0.264 e. The van der Waals surface area contributed by atoms with Gasteiger partial charge in [-0.2, -0.15) is 8.42 Å². The van der Waals surface area contributed by atoms with Crippen molar-refractivity contribution in [1.82, 2.24) is 0 Å². The van der Waals surface area contributed by atoms with Crippen molar-refractivity contribution in [3.8, 4) is 0 Å². The van der Waals surface area contributed by atoms with Gasteiger partial charge in [-0.15, -0.1) is 0 Å². The lowest BCUT2D eigenvalue weighted by atomic mass is 9.99. The van der Waals surface area contributed by atoms with Crippen molar-refractivity contribution in [1.29, 1.82) is 0 Å². The van der Waals surface area contributed by atoms with Gasteiger partial charge < -0.3 is 0 Å². The topological polar surface area (TPSA) is 63.6 Å². The van der Waals surface area contributed by atoms with Gasteiger partial charge in [0.15, 0.2) is 0 Å². The van der Waals surface area contributed by atoms with Gasteiger partial charge in [-0.1, -0.05) is 48.5 Å². The molecule has 21 heavy (non-hydrogen) atoms. The molecular formula is C16H14O4S. The van der Waals surface area contributed by atoms with Crippen LogP contribution in [-0.2, 0) is 14.6 Å². The standard InChI is InChI=1S/C16H14O4S/c1-11(20-21(17,18)19)13-8-9-16-14(10-13)7-6-12-4-2-3-5-15(12)16/h2-11H,1H3,(H,17,18,19). The Balaban J connectivity index is 2.11. The molecule has 0 aliphatic heterocycles. The molecule has 0 aromatic heterocycles. The van der Waals surface area contributed by atoms with Crippen LogP contribution in [0.4, 0.5) is 0 Å². The van der Waals surface area contributed by atoms with E-state index in [1.165, 1.54) is 0 Å². The third kappa shape index (κ3) is 2.90. The zero-order valence-corrected chi connectivity index (χ0v) is 12.2. The number of benzene rings is 3. The van der Waals surface area contributed by atoms with E-state index < -0.39 is 16.5 Å².